The van der Waals surface area contributed by atoms with Crippen LogP contribution in [0.4, 0.5) is 11.9 Å². The van der Waals surface area contributed by atoms with Gasteiger partial charge in [0.25, 0.3) is 0 Å². The van der Waals surface area contributed by atoms with Crippen molar-refractivity contribution in [2.24, 2.45) is 0 Å². The normalized spacial score (nSPS) is 11.3. The molecule has 4 aromatic rings. The molecule has 0 radical (unpaired) electrons. The van der Waals surface area contributed by atoms with E-state index >= 15 is 0 Å². The van der Waals surface area contributed by atoms with Crippen molar-refractivity contribution in [3.63, 3.8) is 0 Å². The van der Waals surface area contributed by atoms with Crippen LogP contribution in [-0.2, 0) is 6.54 Å². The molecule has 0 amide bonds. The molecule has 0 spiro atoms. The molecule has 132 valence electrons. The minimum atomic E-state index is 0.216. The van der Waals surface area contributed by atoms with E-state index in [1.165, 1.54) is 0 Å². The van der Waals surface area contributed by atoms with Crippen LogP contribution in [-0.4, -0.2) is 24.6 Å². The van der Waals surface area contributed by atoms with Crippen LogP contribution in [0.25, 0.3) is 17.1 Å². The number of anilines is 2. The molecule has 3 N–H and O–H groups in total. The number of nitrogens with one attached hydrogen (secondary N) is 1. The maximum absolute atomic E-state index is 5.87. The molecule has 0 atom stereocenters. The quantitative estimate of drug-likeness (QED) is 0.570. The highest BCUT2D eigenvalue weighted by Gasteiger charge is 2.14. The van der Waals surface area contributed by atoms with Crippen LogP contribution in [0.1, 0.15) is 30.9 Å². The fourth-order valence-electron chi connectivity index (χ4n) is 2.71. The summed E-state index contributed by atoms with van der Waals surface area (Å²) in [5.41, 5.74) is 9.42. The number of nitrogens with zero attached hydrogens (tertiary/aromatic N) is 5. The molecule has 0 fully saturated rings. The number of hydrogen-bond donors (Lipinski definition) is 2. The molecular formula is C18H19N7O. The molecule has 0 saturated heterocycles. The molecule has 26 heavy (non-hydrogen) atoms. The molecule has 8 heteroatoms. The first-order valence-corrected chi connectivity index (χ1v) is 8.35. The monoisotopic (exact) mass is 349 g/mol. The van der Waals surface area contributed by atoms with E-state index < -0.39 is 0 Å². The van der Waals surface area contributed by atoms with Gasteiger partial charge in [-0.05, 0) is 29.7 Å². The minimum absolute atomic E-state index is 0.216. The number of furan rings is 1. The number of hydrogen-bond acceptors (Lipinski definition) is 7. The maximum atomic E-state index is 5.87. The van der Waals surface area contributed by atoms with Crippen LogP contribution in [0.3, 0.4) is 0 Å². The number of nitrogens with two attached hydrogens (primary N) is 1. The van der Waals surface area contributed by atoms with Gasteiger partial charge in [0.15, 0.2) is 11.4 Å². The average Bonchev–Trinajstić information content (AvgIpc) is 3.29. The largest absolute Gasteiger partial charge is 0.463 e. The zero-order chi connectivity index (χ0) is 18.1. The van der Waals surface area contributed by atoms with E-state index in [-0.39, 0.29) is 5.95 Å². The van der Waals surface area contributed by atoms with E-state index in [0.717, 1.165) is 28.2 Å². The first-order chi connectivity index (χ1) is 12.6. The number of fused-ring (bicyclic) bond motifs is 1. The molecule has 4 heterocycles. The van der Waals surface area contributed by atoms with E-state index in [2.05, 4.69) is 39.2 Å². The van der Waals surface area contributed by atoms with Gasteiger partial charge in [-0.3, -0.25) is 4.98 Å². The van der Waals surface area contributed by atoms with Gasteiger partial charge in [0.2, 0.25) is 11.9 Å². The van der Waals surface area contributed by atoms with Gasteiger partial charge >= 0.3 is 0 Å². The molecule has 0 aromatic carbocycles. The fraction of sp³-hybridized carbons (Fsp3) is 0.222. The van der Waals surface area contributed by atoms with Gasteiger partial charge in [0.1, 0.15) is 5.69 Å². The molecule has 0 unspecified atom stereocenters. The summed E-state index contributed by atoms with van der Waals surface area (Å²) in [7, 11) is 0. The number of aromatic nitrogens is 5. The lowest BCUT2D eigenvalue weighted by Gasteiger charge is -2.09. The van der Waals surface area contributed by atoms with Gasteiger partial charge < -0.3 is 15.5 Å². The van der Waals surface area contributed by atoms with Crippen LogP contribution in [0.2, 0.25) is 0 Å². The van der Waals surface area contributed by atoms with Gasteiger partial charge in [-0.2, -0.15) is 19.6 Å². The predicted molar refractivity (Wildman–Crippen MR) is 98.5 cm³/mol. The third-order valence-corrected chi connectivity index (χ3v) is 4.08. The van der Waals surface area contributed by atoms with Gasteiger partial charge in [-0.25, -0.2) is 0 Å². The minimum Gasteiger partial charge on any atom is -0.463 e. The Kier molecular flexibility index (Phi) is 4.00. The summed E-state index contributed by atoms with van der Waals surface area (Å²) < 4.78 is 7.03. The molecule has 0 aliphatic heterocycles. The molecule has 0 aliphatic rings. The molecular weight excluding hydrogens is 330 g/mol. The van der Waals surface area contributed by atoms with Crippen LogP contribution in [0.15, 0.2) is 47.3 Å². The second-order valence-electron chi connectivity index (χ2n) is 6.28. The van der Waals surface area contributed by atoms with Crippen molar-refractivity contribution in [2.45, 2.75) is 26.3 Å². The maximum Gasteiger partial charge on any atom is 0.229 e. The lowest BCUT2D eigenvalue weighted by molar-refractivity contribution is 0.580. The number of rotatable bonds is 5. The number of pyridine rings is 1. The second-order valence-corrected chi connectivity index (χ2v) is 6.28. The van der Waals surface area contributed by atoms with Crippen molar-refractivity contribution in [1.29, 1.82) is 0 Å². The lowest BCUT2D eigenvalue weighted by atomic mass is 10.1. The Labute approximate surface area is 150 Å². The standard InChI is InChI=1S/C18H19N7O/c1-11(2)13-10-22-25-16(13)23-17(19)24-18(25)21-9-12-5-6-14(20-8-12)15-4-3-7-26-15/h3-8,10-11H,9H2,1-2H3,(H3,19,21,23,24). The highest BCUT2D eigenvalue weighted by molar-refractivity contribution is 5.55. The third kappa shape index (κ3) is 2.97. The van der Waals surface area contributed by atoms with E-state index in [1.807, 2.05) is 24.3 Å². The SMILES string of the molecule is CC(C)c1cnn2c(NCc3ccc(-c4ccco4)nc3)nc(N)nc12. The van der Waals surface area contributed by atoms with Crippen molar-refractivity contribution in [3.05, 3.63) is 54.0 Å². The Balaban J connectivity index is 1.56. The van der Waals surface area contributed by atoms with Gasteiger partial charge in [-0.15, -0.1) is 0 Å². The Morgan fingerprint density at radius 1 is 1.19 bits per heavy atom. The Morgan fingerprint density at radius 2 is 2.08 bits per heavy atom. The van der Waals surface area contributed by atoms with E-state index in [9.17, 15) is 0 Å². The van der Waals surface area contributed by atoms with Gasteiger partial charge in [0.05, 0.1) is 12.5 Å². The van der Waals surface area contributed by atoms with Gasteiger partial charge in [0, 0.05) is 18.3 Å². The summed E-state index contributed by atoms with van der Waals surface area (Å²) in [5, 5.41) is 7.64. The highest BCUT2D eigenvalue weighted by Crippen LogP contribution is 2.22. The van der Waals surface area contributed by atoms with E-state index in [1.54, 1.807) is 23.2 Å². The zero-order valence-electron chi connectivity index (χ0n) is 14.5. The lowest BCUT2D eigenvalue weighted by Crippen LogP contribution is -2.11. The summed E-state index contributed by atoms with van der Waals surface area (Å²) in [6.45, 7) is 4.72. The highest BCUT2D eigenvalue weighted by atomic mass is 16.3. The summed E-state index contributed by atoms with van der Waals surface area (Å²) in [6, 6.07) is 7.63. The summed E-state index contributed by atoms with van der Waals surface area (Å²) >= 11 is 0. The first kappa shape index (κ1) is 16.1. The Morgan fingerprint density at radius 3 is 2.77 bits per heavy atom. The fourth-order valence-corrected chi connectivity index (χ4v) is 2.71. The van der Waals surface area contributed by atoms with E-state index in [0.29, 0.717) is 18.4 Å². The molecule has 8 nitrogen and oxygen atoms in total. The van der Waals surface area contributed by atoms with Crippen LogP contribution in [0, 0.1) is 0 Å². The second kappa shape index (κ2) is 6.47. The van der Waals surface area contributed by atoms with Crippen molar-refractivity contribution >= 4 is 17.5 Å². The van der Waals surface area contributed by atoms with Crippen molar-refractivity contribution in [2.75, 3.05) is 11.1 Å². The van der Waals surface area contributed by atoms with E-state index in [4.69, 9.17) is 10.2 Å². The van der Waals surface area contributed by atoms with Crippen molar-refractivity contribution in [3.8, 4) is 11.5 Å². The van der Waals surface area contributed by atoms with Crippen LogP contribution < -0.4 is 11.1 Å². The summed E-state index contributed by atoms with van der Waals surface area (Å²) in [5.74, 6) is 1.81. The Bertz CT molecular complexity index is 1020. The predicted octanol–water partition coefficient (Wildman–Crippen LogP) is 3.10. The molecule has 0 saturated carbocycles. The molecule has 4 rings (SSSR count). The Hall–Kier alpha value is -3.42. The zero-order valence-corrected chi connectivity index (χ0v) is 14.5. The average molecular weight is 349 g/mol. The molecule has 0 bridgehead atoms. The smallest absolute Gasteiger partial charge is 0.229 e. The first-order valence-electron chi connectivity index (χ1n) is 8.35. The summed E-state index contributed by atoms with van der Waals surface area (Å²) in [4.78, 5) is 13.0. The third-order valence-electron chi connectivity index (χ3n) is 4.08. The summed E-state index contributed by atoms with van der Waals surface area (Å²) in [6.07, 6.45) is 5.24. The van der Waals surface area contributed by atoms with Gasteiger partial charge in [-0.1, -0.05) is 19.9 Å². The molecule has 0 aliphatic carbocycles. The molecule has 4 aromatic heterocycles. The van der Waals surface area contributed by atoms with Crippen LogP contribution in [0.5, 0.6) is 0 Å². The van der Waals surface area contributed by atoms with Crippen LogP contribution >= 0.6 is 0 Å². The van der Waals surface area contributed by atoms with Crippen molar-refractivity contribution < 1.29 is 4.42 Å². The number of nitrogen functional groups attached to an aromatic ring is 1. The topological polar surface area (TPSA) is 107 Å². The van der Waals surface area contributed by atoms with Crippen molar-refractivity contribution in [1.82, 2.24) is 24.6 Å².